The highest BCUT2D eigenvalue weighted by Gasteiger charge is 2.42. The van der Waals surface area contributed by atoms with E-state index in [0.717, 1.165) is 30.1 Å². The highest BCUT2D eigenvalue weighted by Crippen LogP contribution is 2.41. The normalized spacial score (nSPS) is 37.9. The summed E-state index contributed by atoms with van der Waals surface area (Å²) in [6.07, 6.45) is 13.0. The zero-order chi connectivity index (χ0) is 13.2. The SMILES string of the molecule is CCCNC1CC2CCCC(C1)N2C(C)C1CCC1. The van der Waals surface area contributed by atoms with Crippen molar-refractivity contribution < 1.29 is 0 Å². The van der Waals surface area contributed by atoms with Gasteiger partial charge in [0.25, 0.3) is 0 Å². The van der Waals surface area contributed by atoms with Crippen LogP contribution in [0.2, 0.25) is 0 Å². The van der Waals surface area contributed by atoms with Crippen LogP contribution in [-0.2, 0) is 0 Å². The van der Waals surface area contributed by atoms with Crippen molar-refractivity contribution in [3.05, 3.63) is 0 Å². The quantitative estimate of drug-likeness (QED) is 0.817. The van der Waals surface area contributed by atoms with Gasteiger partial charge in [0, 0.05) is 24.2 Å². The number of nitrogens with one attached hydrogen (secondary N) is 1. The van der Waals surface area contributed by atoms with Crippen LogP contribution in [0.4, 0.5) is 0 Å². The van der Waals surface area contributed by atoms with Crippen molar-refractivity contribution in [2.75, 3.05) is 6.54 Å². The molecule has 3 unspecified atom stereocenters. The van der Waals surface area contributed by atoms with Crippen molar-refractivity contribution in [1.29, 1.82) is 0 Å². The molecule has 2 heterocycles. The fourth-order valence-electron chi connectivity index (χ4n) is 4.76. The lowest BCUT2D eigenvalue weighted by molar-refractivity contribution is -0.0362. The minimum atomic E-state index is 0.806. The molecular weight excluding hydrogens is 232 g/mol. The summed E-state index contributed by atoms with van der Waals surface area (Å²) in [4.78, 5) is 2.96. The van der Waals surface area contributed by atoms with Crippen LogP contribution in [0.25, 0.3) is 0 Å². The van der Waals surface area contributed by atoms with E-state index in [-0.39, 0.29) is 0 Å². The fraction of sp³-hybridized carbons (Fsp3) is 1.00. The summed E-state index contributed by atoms with van der Waals surface area (Å²) in [6.45, 7) is 6.01. The van der Waals surface area contributed by atoms with Gasteiger partial charge < -0.3 is 5.32 Å². The molecule has 2 aliphatic heterocycles. The summed E-state index contributed by atoms with van der Waals surface area (Å²) in [7, 11) is 0. The summed E-state index contributed by atoms with van der Waals surface area (Å²) in [6, 6.07) is 3.44. The Morgan fingerprint density at radius 3 is 2.21 bits per heavy atom. The third kappa shape index (κ3) is 2.85. The largest absolute Gasteiger partial charge is 0.314 e. The smallest absolute Gasteiger partial charge is 0.0116 e. The maximum atomic E-state index is 3.79. The zero-order valence-electron chi connectivity index (χ0n) is 12.9. The van der Waals surface area contributed by atoms with Gasteiger partial charge in [0.2, 0.25) is 0 Å². The average Bonchev–Trinajstić information content (AvgIpc) is 2.32. The molecule has 3 rings (SSSR count). The molecular formula is C17H32N2. The van der Waals surface area contributed by atoms with Gasteiger partial charge in [-0.1, -0.05) is 19.8 Å². The molecule has 110 valence electrons. The van der Waals surface area contributed by atoms with E-state index in [1.165, 1.54) is 64.3 Å². The Balaban J connectivity index is 1.62. The van der Waals surface area contributed by atoms with Crippen molar-refractivity contribution in [2.24, 2.45) is 5.92 Å². The lowest BCUT2D eigenvalue weighted by Gasteiger charge is -2.54. The first-order chi connectivity index (χ1) is 9.29. The van der Waals surface area contributed by atoms with Gasteiger partial charge in [0.1, 0.15) is 0 Å². The van der Waals surface area contributed by atoms with Crippen LogP contribution in [-0.4, -0.2) is 35.6 Å². The van der Waals surface area contributed by atoms with Gasteiger partial charge in [-0.15, -0.1) is 0 Å². The first-order valence-corrected chi connectivity index (χ1v) is 8.80. The van der Waals surface area contributed by atoms with E-state index in [2.05, 4.69) is 24.1 Å². The number of piperidine rings is 2. The molecule has 2 saturated heterocycles. The second-order valence-corrected chi connectivity index (χ2v) is 7.24. The molecule has 0 aromatic carbocycles. The lowest BCUT2D eigenvalue weighted by Crippen LogP contribution is -2.60. The van der Waals surface area contributed by atoms with Crippen LogP contribution in [0, 0.1) is 5.92 Å². The Bertz CT molecular complexity index is 273. The molecule has 19 heavy (non-hydrogen) atoms. The predicted molar refractivity (Wildman–Crippen MR) is 81.4 cm³/mol. The number of hydrogen-bond donors (Lipinski definition) is 1. The molecule has 1 N–H and O–H groups in total. The topological polar surface area (TPSA) is 15.3 Å². The Morgan fingerprint density at radius 1 is 1.05 bits per heavy atom. The van der Waals surface area contributed by atoms with Gasteiger partial charge in [-0.05, 0) is 64.3 Å². The van der Waals surface area contributed by atoms with Crippen LogP contribution in [0.3, 0.4) is 0 Å². The number of rotatable bonds is 5. The summed E-state index contributed by atoms with van der Waals surface area (Å²) in [5, 5.41) is 3.79. The van der Waals surface area contributed by atoms with Gasteiger partial charge >= 0.3 is 0 Å². The highest BCUT2D eigenvalue weighted by atomic mass is 15.2. The van der Waals surface area contributed by atoms with Gasteiger partial charge in [0.05, 0.1) is 0 Å². The van der Waals surface area contributed by atoms with Crippen LogP contribution in [0.1, 0.15) is 71.6 Å². The van der Waals surface area contributed by atoms with Gasteiger partial charge in [-0.3, -0.25) is 4.90 Å². The van der Waals surface area contributed by atoms with E-state index in [1.54, 1.807) is 0 Å². The first kappa shape index (κ1) is 13.9. The van der Waals surface area contributed by atoms with Crippen molar-refractivity contribution >= 4 is 0 Å². The van der Waals surface area contributed by atoms with Crippen molar-refractivity contribution in [2.45, 2.75) is 95.8 Å². The predicted octanol–water partition coefficient (Wildman–Crippen LogP) is 3.56. The second-order valence-electron chi connectivity index (χ2n) is 7.24. The molecule has 0 radical (unpaired) electrons. The summed E-state index contributed by atoms with van der Waals surface area (Å²) < 4.78 is 0. The van der Waals surface area contributed by atoms with Gasteiger partial charge in [0.15, 0.2) is 0 Å². The van der Waals surface area contributed by atoms with Crippen molar-refractivity contribution in [3.63, 3.8) is 0 Å². The third-order valence-corrected chi connectivity index (χ3v) is 6.02. The first-order valence-electron chi connectivity index (χ1n) is 8.80. The summed E-state index contributed by atoms with van der Waals surface area (Å²) >= 11 is 0. The van der Waals surface area contributed by atoms with Crippen LogP contribution >= 0.6 is 0 Å². The van der Waals surface area contributed by atoms with Crippen molar-refractivity contribution in [3.8, 4) is 0 Å². The Hall–Kier alpha value is -0.0800. The van der Waals surface area contributed by atoms with Crippen LogP contribution in [0.15, 0.2) is 0 Å². The van der Waals surface area contributed by atoms with E-state index in [9.17, 15) is 0 Å². The van der Waals surface area contributed by atoms with E-state index >= 15 is 0 Å². The molecule has 3 aliphatic rings. The molecule has 0 aromatic rings. The molecule has 0 aromatic heterocycles. The number of nitrogens with zero attached hydrogens (tertiary/aromatic N) is 1. The van der Waals surface area contributed by atoms with Crippen LogP contribution in [0.5, 0.6) is 0 Å². The average molecular weight is 264 g/mol. The minimum absolute atomic E-state index is 0.806. The van der Waals surface area contributed by atoms with E-state index in [1.807, 2.05) is 0 Å². The molecule has 3 fully saturated rings. The minimum Gasteiger partial charge on any atom is -0.314 e. The molecule has 2 heteroatoms. The van der Waals surface area contributed by atoms with Crippen LogP contribution < -0.4 is 5.32 Å². The number of hydrogen-bond acceptors (Lipinski definition) is 2. The van der Waals surface area contributed by atoms with Crippen molar-refractivity contribution in [1.82, 2.24) is 10.2 Å². The highest BCUT2D eigenvalue weighted by molar-refractivity contribution is 4.99. The standard InChI is InChI=1S/C17H32N2/c1-3-10-18-15-11-16-8-5-9-17(12-15)19(16)13(2)14-6-4-7-14/h13-18H,3-12H2,1-2H3. The molecule has 2 nitrogen and oxygen atoms in total. The number of fused-ring (bicyclic) bond motifs is 2. The zero-order valence-corrected chi connectivity index (χ0v) is 12.9. The molecule has 2 bridgehead atoms. The summed E-state index contributed by atoms with van der Waals surface area (Å²) in [5.41, 5.74) is 0. The van der Waals surface area contributed by atoms with E-state index in [4.69, 9.17) is 0 Å². The van der Waals surface area contributed by atoms with Gasteiger partial charge in [-0.25, -0.2) is 0 Å². The molecule has 1 aliphatic carbocycles. The maximum absolute atomic E-state index is 3.79. The maximum Gasteiger partial charge on any atom is 0.0116 e. The summed E-state index contributed by atoms with van der Waals surface area (Å²) in [5.74, 6) is 1.02. The van der Waals surface area contributed by atoms with Gasteiger partial charge in [-0.2, -0.15) is 0 Å². The van der Waals surface area contributed by atoms with E-state index < -0.39 is 0 Å². The monoisotopic (exact) mass is 264 g/mol. The fourth-order valence-corrected chi connectivity index (χ4v) is 4.76. The molecule has 0 amide bonds. The Kier molecular flexibility index (Phi) is 4.48. The molecule has 3 atom stereocenters. The Morgan fingerprint density at radius 2 is 1.68 bits per heavy atom. The molecule has 0 spiro atoms. The Labute approximate surface area is 119 Å². The second kappa shape index (κ2) is 6.13. The third-order valence-electron chi connectivity index (χ3n) is 6.02. The van der Waals surface area contributed by atoms with E-state index in [0.29, 0.717) is 0 Å². The lowest BCUT2D eigenvalue weighted by atomic mass is 9.74. The molecule has 1 saturated carbocycles.